The number of carbonyl (C=O) groups is 1. The van der Waals surface area contributed by atoms with Gasteiger partial charge in [0.2, 0.25) is 10.0 Å². The molecule has 29 heavy (non-hydrogen) atoms. The van der Waals surface area contributed by atoms with Crippen molar-refractivity contribution < 1.29 is 17.9 Å². The van der Waals surface area contributed by atoms with Gasteiger partial charge in [0.1, 0.15) is 0 Å². The van der Waals surface area contributed by atoms with Crippen molar-refractivity contribution in [3.8, 4) is 0 Å². The summed E-state index contributed by atoms with van der Waals surface area (Å²) in [6.45, 7) is 2.55. The molecule has 1 aromatic rings. The monoisotopic (exact) mass is 421 g/mol. The third-order valence-corrected chi connectivity index (χ3v) is 7.09. The number of benzene rings is 1. The third-order valence-electron chi connectivity index (χ3n) is 5.56. The van der Waals surface area contributed by atoms with Crippen LogP contribution in [0.2, 0.25) is 0 Å². The fraction of sp³-hybridized carbons (Fsp3) is 0.571. The van der Waals surface area contributed by atoms with E-state index in [0.29, 0.717) is 31.1 Å². The first-order valence-corrected chi connectivity index (χ1v) is 11.8. The molecule has 2 aliphatic rings. The molecule has 8 heteroatoms. The second kappa shape index (κ2) is 10.1. The number of nitrogens with one attached hydrogen (secondary N) is 1. The van der Waals surface area contributed by atoms with Crippen LogP contribution >= 0.6 is 0 Å². The zero-order chi connectivity index (χ0) is 20.7. The lowest BCUT2D eigenvalue weighted by atomic mass is 10.1. The first-order valence-electron chi connectivity index (χ1n) is 10.3. The van der Waals surface area contributed by atoms with Gasteiger partial charge < -0.3 is 14.5 Å². The lowest BCUT2D eigenvalue weighted by Crippen LogP contribution is -2.48. The minimum absolute atomic E-state index is 0.0552. The van der Waals surface area contributed by atoms with Crippen LogP contribution in [0.4, 0.5) is 10.5 Å². The van der Waals surface area contributed by atoms with Crippen molar-refractivity contribution >= 4 is 21.8 Å². The number of anilines is 1. The van der Waals surface area contributed by atoms with Crippen LogP contribution in [0.25, 0.3) is 0 Å². The molecule has 3 rings (SSSR count). The molecule has 1 saturated heterocycles. The summed E-state index contributed by atoms with van der Waals surface area (Å²) < 4.78 is 33.3. The standard InChI is InChI=1S/C21H31N3O4S/c1-28-21(25)24-16-14-23(15-17-24)19-10-12-20(13-11-19)29(26,27)22-18-8-6-4-2-3-5-7-9-18/h4,6,10-13,18,22H,2-3,5,7-9,14-17H2,1H3/b6-4-. The van der Waals surface area contributed by atoms with Crippen molar-refractivity contribution in [2.24, 2.45) is 0 Å². The molecule has 0 bridgehead atoms. The average Bonchev–Trinajstić information content (AvgIpc) is 2.87. The summed E-state index contributed by atoms with van der Waals surface area (Å²) in [6.07, 6.45) is 9.98. The van der Waals surface area contributed by atoms with Gasteiger partial charge in [0, 0.05) is 37.9 Å². The molecule has 1 unspecified atom stereocenters. The molecule has 1 aliphatic heterocycles. The summed E-state index contributed by atoms with van der Waals surface area (Å²) >= 11 is 0. The first kappa shape index (κ1) is 21.6. The molecule has 1 amide bonds. The number of nitrogens with zero attached hydrogens (tertiary/aromatic N) is 2. The smallest absolute Gasteiger partial charge is 0.409 e. The fourth-order valence-electron chi connectivity index (χ4n) is 3.83. The Hall–Kier alpha value is -2.06. The lowest BCUT2D eigenvalue weighted by molar-refractivity contribution is 0.121. The van der Waals surface area contributed by atoms with E-state index in [1.165, 1.54) is 13.5 Å². The largest absolute Gasteiger partial charge is 0.453 e. The Labute approximate surface area is 173 Å². The van der Waals surface area contributed by atoms with Gasteiger partial charge in [-0.1, -0.05) is 25.0 Å². The number of hydrogen-bond donors (Lipinski definition) is 1. The maximum absolute atomic E-state index is 12.8. The molecule has 1 atom stereocenters. The van der Waals surface area contributed by atoms with E-state index >= 15 is 0 Å². The Bertz CT molecular complexity index is 800. The normalized spacial score (nSPS) is 22.3. The number of carbonyl (C=O) groups excluding carboxylic acids is 1. The van der Waals surface area contributed by atoms with Crippen LogP contribution in [-0.2, 0) is 14.8 Å². The summed E-state index contributed by atoms with van der Waals surface area (Å²) in [7, 11) is -2.16. The van der Waals surface area contributed by atoms with Gasteiger partial charge in [-0.05, 0) is 49.9 Å². The number of amides is 1. The van der Waals surface area contributed by atoms with E-state index in [-0.39, 0.29) is 12.1 Å². The molecule has 1 aliphatic carbocycles. The molecule has 7 nitrogen and oxygen atoms in total. The molecule has 0 aromatic heterocycles. The molecular formula is C21H31N3O4S. The number of piperazine rings is 1. The molecular weight excluding hydrogens is 390 g/mol. The molecule has 1 aromatic carbocycles. The average molecular weight is 422 g/mol. The van der Waals surface area contributed by atoms with Crippen LogP contribution in [0.5, 0.6) is 0 Å². The molecule has 160 valence electrons. The van der Waals surface area contributed by atoms with E-state index in [0.717, 1.165) is 37.8 Å². The van der Waals surface area contributed by atoms with Crippen molar-refractivity contribution in [1.82, 2.24) is 9.62 Å². The number of methoxy groups -OCH3 is 1. The molecule has 0 saturated carbocycles. The van der Waals surface area contributed by atoms with Gasteiger partial charge >= 0.3 is 6.09 Å². The third kappa shape index (κ3) is 5.96. The Morgan fingerprint density at radius 1 is 1.03 bits per heavy atom. The highest BCUT2D eigenvalue weighted by Crippen LogP contribution is 2.21. The minimum Gasteiger partial charge on any atom is -0.453 e. The summed E-state index contributed by atoms with van der Waals surface area (Å²) in [6, 6.07) is 6.95. The van der Waals surface area contributed by atoms with Crippen molar-refractivity contribution in [1.29, 1.82) is 0 Å². The van der Waals surface area contributed by atoms with E-state index < -0.39 is 10.0 Å². The molecule has 1 N–H and O–H groups in total. The molecule has 1 heterocycles. The van der Waals surface area contributed by atoms with Crippen LogP contribution in [-0.4, -0.2) is 58.7 Å². The van der Waals surface area contributed by atoms with Gasteiger partial charge in [-0.2, -0.15) is 0 Å². The van der Waals surface area contributed by atoms with Crippen LogP contribution in [0.15, 0.2) is 41.3 Å². The van der Waals surface area contributed by atoms with Crippen LogP contribution in [0, 0.1) is 0 Å². The van der Waals surface area contributed by atoms with Crippen molar-refractivity contribution in [3.63, 3.8) is 0 Å². The van der Waals surface area contributed by atoms with Crippen molar-refractivity contribution in [3.05, 3.63) is 36.4 Å². The number of ether oxygens (including phenoxy) is 1. The predicted molar refractivity (Wildman–Crippen MR) is 114 cm³/mol. The van der Waals surface area contributed by atoms with Crippen molar-refractivity contribution in [2.75, 3.05) is 38.2 Å². The van der Waals surface area contributed by atoms with Crippen LogP contribution < -0.4 is 9.62 Å². The van der Waals surface area contributed by atoms with Gasteiger partial charge in [-0.15, -0.1) is 0 Å². The number of allylic oxidation sites excluding steroid dienone is 1. The molecule has 0 radical (unpaired) electrons. The van der Waals surface area contributed by atoms with Gasteiger partial charge in [-0.3, -0.25) is 0 Å². The highest BCUT2D eigenvalue weighted by atomic mass is 32.2. The van der Waals surface area contributed by atoms with Gasteiger partial charge in [0.15, 0.2) is 0 Å². The second-order valence-corrected chi connectivity index (χ2v) is 9.32. The zero-order valence-electron chi connectivity index (χ0n) is 17.0. The van der Waals surface area contributed by atoms with E-state index in [2.05, 4.69) is 21.8 Å². The summed E-state index contributed by atoms with van der Waals surface area (Å²) in [5.74, 6) is 0. The highest BCUT2D eigenvalue weighted by molar-refractivity contribution is 7.89. The quantitative estimate of drug-likeness (QED) is 0.756. The van der Waals surface area contributed by atoms with Gasteiger partial charge in [0.25, 0.3) is 0 Å². The van der Waals surface area contributed by atoms with Gasteiger partial charge in [0.05, 0.1) is 12.0 Å². The Morgan fingerprint density at radius 3 is 2.45 bits per heavy atom. The maximum Gasteiger partial charge on any atom is 0.409 e. The Balaban J connectivity index is 1.60. The number of sulfonamides is 1. The lowest BCUT2D eigenvalue weighted by Gasteiger charge is -2.35. The maximum atomic E-state index is 12.8. The molecule has 1 fully saturated rings. The highest BCUT2D eigenvalue weighted by Gasteiger charge is 2.23. The Morgan fingerprint density at radius 2 is 1.76 bits per heavy atom. The van der Waals surface area contributed by atoms with Crippen LogP contribution in [0.1, 0.15) is 38.5 Å². The van der Waals surface area contributed by atoms with Crippen molar-refractivity contribution in [2.45, 2.75) is 49.5 Å². The van der Waals surface area contributed by atoms with E-state index in [1.54, 1.807) is 17.0 Å². The zero-order valence-corrected chi connectivity index (χ0v) is 17.9. The van der Waals surface area contributed by atoms with E-state index in [4.69, 9.17) is 4.74 Å². The minimum atomic E-state index is -3.54. The summed E-state index contributed by atoms with van der Waals surface area (Å²) in [5.41, 5.74) is 0.957. The molecule has 0 spiro atoms. The Kier molecular flexibility index (Phi) is 7.55. The second-order valence-electron chi connectivity index (χ2n) is 7.60. The first-order chi connectivity index (χ1) is 14.0. The fourth-order valence-corrected chi connectivity index (χ4v) is 5.12. The van der Waals surface area contributed by atoms with Gasteiger partial charge in [-0.25, -0.2) is 17.9 Å². The number of rotatable bonds is 4. The summed E-state index contributed by atoms with van der Waals surface area (Å²) in [5, 5.41) is 0. The summed E-state index contributed by atoms with van der Waals surface area (Å²) in [4.78, 5) is 15.7. The van der Waals surface area contributed by atoms with Crippen LogP contribution in [0.3, 0.4) is 0 Å². The van der Waals surface area contributed by atoms with E-state index in [1.807, 2.05) is 12.1 Å². The predicted octanol–water partition coefficient (Wildman–Crippen LogP) is 3.13. The number of hydrogen-bond acceptors (Lipinski definition) is 5. The van der Waals surface area contributed by atoms with E-state index in [9.17, 15) is 13.2 Å². The SMILES string of the molecule is COC(=O)N1CCN(c2ccc(S(=O)(=O)NC3C/C=C\CCCCC3)cc2)CC1. The topological polar surface area (TPSA) is 79.0 Å².